The average Bonchev–Trinajstić information content (AvgIpc) is 2.99. The van der Waals surface area contributed by atoms with Crippen molar-refractivity contribution in [2.24, 2.45) is 7.05 Å². The van der Waals surface area contributed by atoms with Crippen LogP contribution >= 0.6 is 0 Å². The molecule has 4 heteroatoms. The fourth-order valence-corrected chi connectivity index (χ4v) is 2.85. The summed E-state index contributed by atoms with van der Waals surface area (Å²) in [5.41, 5.74) is 3.28. The molecule has 0 amide bonds. The number of aryl methyl sites for hydroxylation is 1. The van der Waals surface area contributed by atoms with Gasteiger partial charge in [0.2, 0.25) is 5.75 Å². The molecule has 0 aliphatic heterocycles. The highest BCUT2D eigenvalue weighted by Gasteiger charge is 2.14. The standard InChI is InChI=1S/C20H21NO3/c1-21-12-11-16-13-14(6-9-17(16)21)5-7-15-8-10-18(22-2)20(24-4)19(15)23-3/h5-13H,1-4H3/b7-5-. The number of ether oxygens (including phenoxy) is 3. The van der Waals surface area contributed by atoms with E-state index in [0.29, 0.717) is 17.2 Å². The van der Waals surface area contributed by atoms with Crippen molar-refractivity contribution in [3.05, 3.63) is 53.7 Å². The summed E-state index contributed by atoms with van der Waals surface area (Å²) < 4.78 is 18.4. The van der Waals surface area contributed by atoms with Gasteiger partial charge in [0.15, 0.2) is 11.5 Å². The number of fused-ring (bicyclic) bond motifs is 1. The van der Waals surface area contributed by atoms with E-state index < -0.39 is 0 Å². The maximum absolute atomic E-state index is 5.51. The van der Waals surface area contributed by atoms with Crippen LogP contribution in [0.1, 0.15) is 11.1 Å². The lowest BCUT2D eigenvalue weighted by Gasteiger charge is -2.14. The van der Waals surface area contributed by atoms with Crippen LogP contribution in [0, 0.1) is 0 Å². The van der Waals surface area contributed by atoms with Crippen molar-refractivity contribution in [1.82, 2.24) is 4.57 Å². The molecule has 0 radical (unpaired) electrons. The summed E-state index contributed by atoms with van der Waals surface area (Å²) in [6.45, 7) is 0. The van der Waals surface area contributed by atoms with Gasteiger partial charge in [0.1, 0.15) is 0 Å². The first-order valence-corrected chi connectivity index (χ1v) is 7.70. The Labute approximate surface area is 141 Å². The van der Waals surface area contributed by atoms with Crippen LogP contribution in [0.15, 0.2) is 42.6 Å². The van der Waals surface area contributed by atoms with Crippen molar-refractivity contribution >= 4 is 23.1 Å². The van der Waals surface area contributed by atoms with Gasteiger partial charge in [-0.1, -0.05) is 18.2 Å². The van der Waals surface area contributed by atoms with E-state index in [4.69, 9.17) is 14.2 Å². The summed E-state index contributed by atoms with van der Waals surface area (Å²) in [6.07, 6.45) is 6.15. The first-order valence-electron chi connectivity index (χ1n) is 7.70. The Morgan fingerprint density at radius 1 is 0.833 bits per heavy atom. The van der Waals surface area contributed by atoms with Gasteiger partial charge < -0.3 is 18.8 Å². The second-order valence-corrected chi connectivity index (χ2v) is 5.50. The van der Waals surface area contributed by atoms with E-state index in [1.54, 1.807) is 21.3 Å². The fraction of sp³-hybridized carbons (Fsp3) is 0.200. The molecule has 1 heterocycles. The molecule has 1 aromatic heterocycles. The molecule has 0 atom stereocenters. The predicted octanol–water partition coefficient (Wildman–Crippen LogP) is 4.37. The third-order valence-electron chi connectivity index (χ3n) is 4.10. The van der Waals surface area contributed by atoms with E-state index in [9.17, 15) is 0 Å². The smallest absolute Gasteiger partial charge is 0.203 e. The molecule has 0 saturated heterocycles. The predicted molar refractivity (Wildman–Crippen MR) is 97.9 cm³/mol. The largest absolute Gasteiger partial charge is 0.493 e. The van der Waals surface area contributed by atoms with Crippen molar-refractivity contribution in [2.75, 3.05) is 21.3 Å². The van der Waals surface area contributed by atoms with Crippen molar-refractivity contribution in [2.45, 2.75) is 0 Å². The third-order valence-corrected chi connectivity index (χ3v) is 4.10. The Kier molecular flexibility index (Phi) is 4.47. The Morgan fingerprint density at radius 2 is 1.62 bits per heavy atom. The highest BCUT2D eigenvalue weighted by atomic mass is 16.5. The minimum Gasteiger partial charge on any atom is -0.493 e. The number of hydrogen-bond donors (Lipinski definition) is 0. The third kappa shape index (κ3) is 2.83. The van der Waals surface area contributed by atoms with E-state index in [1.165, 1.54) is 10.9 Å². The lowest BCUT2D eigenvalue weighted by Crippen LogP contribution is -1.96. The second kappa shape index (κ2) is 6.71. The number of aromatic nitrogens is 1. The number of benzene rings is 2. The minimum absolute atomic E-state index is 0.598. The summed E-state index contributed by atoms with van der Waals surface area (Å²) in [4.78, 5) is 0. The molecular formula is C20H21NO3. The molecule has 0 aliphatic rings. The Balaban J connectivity index is 1.98. The molecule has 0 aliphatic carbocycles. The lowest BCUT2D eigenvalue weighted by molar-refractivity contribution is 0.324. The van der Waals surface area contributed by atoms with E-state index in [1.807, 2.05) is 25.3 Å². The highest BCUT2D eigenvalue weighted by molar-refractivity contribution is 5.85. The van der Waals surface area contributed by atoms with Crippen molar-refractivity contribution in [3.63, 3.8) is 0 Å². The molecule has 24 heavy (non-hydrogen) atoms. The van der Waals surface area contributed by atoms with Gasteiger partial charge in [0.25, 0.3) is 0 Å². The summed E-state index contributed by atoms with van der Waals surface area (Å²) in [7, 11) is 6.90. The quantitative estimate of drug-likeness (QED) is 0.653. The first-order chi connectivity index (χ1) is 11.7. The normalized spacial score (nSPS) is 11.2. The summed E-state index contributed by atoms with van der Waals surface area (Å²) in [5, 5.41) is 1.22. The molecule has 0 unspecified atom stereocenters. The van der Waals surface area contributed by atoms with Crippen LogP contribution in [0.4, 0.5) is 0 Å². The maximum atomic E-state index is 5.51. The van der Waals surface area contributed by atoms with Crippen LogP contribution < -0.4 is 14.2 Å². The number of methoxy groups -OCH3 is 3. The van der Waals surface area contributed by atoms with Crippen LogP contribution in [0.25, 0.3) is 23.1 Å². The summed E-state index contributed by atoms with van der Waals surface area (Å²) >= 11 is 0. The SMILES string of the molecule is COc1ccc(/C=C\c2ccc3c(ccn3C)c2)c(OC)c1OC. The van der Waals surface area contributed by atoms with Gasteiger partial charge in [-0.15, -0.1) is 0 Å². The minimum atomic E-state index is 0.598. The number of rotatable bonds is 5. The monoisotopic (exact) mass is 323 g/mol. The zero-order valence-corrected chi connectivity index (χ0v) is 14.4. The van der Waals surface area contributed by atoms with Gasteiger partial charge in [-0.2, -0.15) is 0 Å². The zero-order chi connectivity index (χ0) is 17.1. The van der Waals surface area contributed by atoms with E-state index >= 15 is 0 Å². The van der Waals surface area contributed by atoms with Crippen molar-refractivity contribution in [3.8, 4) is 17.2 Å². The fourth-order valence-electron chi connectivity index (χ4n) is 2.85. The molecule has 0 spiro atoms. The van der Waals surface area contributed by atoms with Crippen LogP contribution in [0.2, 0.25) is 0 Å². The van der Waals surface area contributed by atoms with Crippen molar-refractivity contribution < 1.29 is 14.2 Å². The Morgan fingerprint density at radius 3 is 2.33 bits per heavy atom. The van der Waals surface area contributed by atoms with Gasteiger partial charge in [0, 0.05) is 29.7 Å². The van der Waals surface area contributed by atoms with Crippen LogP contribution in [0.3, 0.4) is 0 Å². The van der Waals surface area contributed by atoms with Gasteiger partial charge in [-0.3, -0.25) is 0 Å². The average molecular weight is 323 g/mol. The maximum Gasteiger partial charge on any atom is 0.203 e. The lowest BCUT2D eigenvalue weighted by atomic mass is 10.1. The van der Waals surface area contributed by atoms with Crippen molar-refractivity contribution in [1.29, 1.82) is 0 Å². The molecule has 3 rings (SSSR count). The zero-order valence-electron chi connectivity index (χ0n) is 14.4. The van der Waals surface area contributed by atoms with Crippen LogP contribution in [0.5, 0.6) is 17.2 Å². The summed E-state index contributed by atoms with van der Waals surface area (Å²) in [6, 6.07) is 12.3. The molecule has 2 aromatic carbocycles. The van der Waals surface area contributed by atoms with E-state index in [-0.39, 0.29) is 0 Å². The van der Waals surface area contributed by atoms with E-state index in [0.717, 1.165) is 11.1 Å². The van der Waals surface area contributed by atoms with Gasteiger partial charge in [-0.05, 0) is 35.9 Å². The molecule has 124 valence electrons. The van der Waals surface area contributed by atoms with Gasteiger partial charge >= 0.3 is 0 Å². The second-order valence-electron chi connectivity index (χ2n) is 5.50. The molecule has 0 fully saturated rings. The van der Waals surface area contributed by atoms with Crippen LogP contribution in [-0.4, -0.2) is 25.9 Å². The van der Waals surface area contributed by atoms with Gasteiger partial charge in [-0.25, -0.2) is 0 Å². The topological polar surface area (TPSA) is 32.6 Å². The number of hydrogen-bond acceptors (Lipinski definition) is 3. The number of nitrogens with zero attached hydrogens (tertiary/aromatic N) is 1. The Hall–Kier alpha value is -2.88. The molecule has 3 aromatic rings. The molecule has 4 nitrogen and oxygen atoms in total. The Bertz CT molecular complexity index is 893. The van der Waals surface area contributed by atoms with E-state index in [2.05, 4.69) is 41.1 Å². The molecule has 0 saturated carbocycles. The molecule has 0 N–H and O–H groups in total. The molecule has 0 bridgehead atoms. The molecular weight excluding hydrogens is 302 g/mol. The summed E-state index contributed by atoms with van der Waals surface area (Å²) in [5.74, 6) is 1.91. The van der Waals surface area contributed by atoms with Gasteiger partial charge in [0.05, 0.1) is 21.3 Å². The first kappa shape index (κ1) is 16.0. The highest BCUT2D eigenvalue weighted by Crippen LogP contribution is 2.40. The van der Waals surface area contributed by atoms with Crippen LogP contribution in [-0.2, 0) is 7.05 Å².